The van der Waals surface area contributed by atoms with E-state index < -0.39 is 0 Å². The van der Waals surface area contributed by atoms with Gasteiger partial charge in [0.05, 0.1) is 0 Å². The van der Waals surface area contributed by atoms with Gasteiger partial charge < -0.3 is 0 Å². The molecule has 5 aromatic carbocycles. The summed E-state index contributed by atoms with van der Waals surface area (Å²) in [4.78, 5) is 0. The predicted octanol–water partition coefficient (Wildman–Crippen LogP) is 13.0. The van der Waals surface area contributed by atoms with Crippen molar-refractivity contribution in [2.24, 2.45) is 0 Å². The van der Waals surface area contributed by atoms with Crippen molar-refractivity contribution in [1.29, 1.82) is 0 Å². The summed E-state index contributed by atoms with van der Waals surface area (Å²) < 4.78 is 0. The minimum atomic E-state index is 1.07. The lowest BCUT2D eigenvalue weighted by atomic mass is 9.86. The normalized spacial score (nSPS) is 11.2. The Morgan fingerprint density at radius 1 is 0.386 bits per heavy atom. The largest absolute Gasteiger partial charge is 0.0654 e. The average molecular weight is 579 g/mol. The smallest absolute Gasteiger partial charge is 0.0149 e. The highest BCUT2D eigenvalue weighted by molar-refractivity contribution is 5.79. The van der Waals surface area contributed by atoms with Crippen molar-refractivity contribution >= 4 is 0 Å². The highest BCUT2D eigenvalue weighted by Crippen LogP contribution is 2.36. The number of rotatable bonds is 13. The average Bonchev–Trinajstić information content (AvgIpc) is 3.06. The van der Waals surface area contributed by atoms with Gasteiger partial charge in [-0.3, -0.25) is 0 Å². The van der Waals surface area contributed by atoms with Gasteiger partial charge in [-0.25, -0.2) is 0 Å². The van der Waals surface area contributed by atoms with Crippen molar-refractivity contribution in [3.05, 3.63) is 131 Å². The zero-order chi connectivity index (χ0) is 30.9. The second-order valence-corrected chi connectivity index (χ2v) is 12.6. The Bertz CT molecular complexity index is 1630. The maximum absolute atomic E-state index is 2.54. The molecule has 0 N–H and O–H groups in total. The number of hydrogen-bond acceptors (Lipinski definition) is 0. The molecule has 0 unspecified atom stereocenters. The lowest BCUT2D eigenvalue weighted by Gasteiger charge is -2.18. The van der Waals surface area contributed by atoms with Crippen LogP contribution < -0.4 is 0 Å². The summed E-state index contributed by atoms with van der Waals surface area (Å²) in [5.74, 6) is 0. The minimum absolute atomic E-state index is 1.07. The van der Waals surface area contributed by atoms with E-state index in [1.807, 2.05) is 0 Å². The van der Waals surface area contributed by atoms with Crippen molar-refractivity contribution in [2.45, 2.75) is 92.4 Å². The molecule has 0 bridgehead atoms. The van der Waals surface area contributed by atoms with Crippen LogP contribution in [0.15, 0.2) is 103 Å². The summed E-state index contributed by atoms with van der Waals surface area (Å²) in [5, 5.41) is 0. The van der Waals surface area contributed by atoms with E-state index in [4.69, 9.17) is 0 Å². The van der Waals surface area contributed by atoms with Gasteiger partial charge in [-0.2, -0.15) is 0 Å². The third kappa shape index (κ3) is 7.59. The second kappa shape index (κ2) is 15.2. The first kappa shape index (κ1) is 31.5. The quantitative estimate of drug-likeness (QED) is 0.122. The molecule has 0 spiro atoms. The van der Waals surface area contributed by atoms with Crippen LogP contribution in [0.3, 0.4) is 0 Å². The number of benzene rings is 5. The molecule has 0 aromatic heterocycles. The molecule has 5 aromatic rings. The van der Waals surface area contributed by atoms with Crippen molar-refractivity contribution < 1.29 is 0 Å². The molecule has 0 aliphatic carbocycles. The van der Waals surface area contributed by atoms with Gasteiger partial charge in [-0.1, -0.05) is 155 Å². The van der Waals surface area contributed by atoms with Crippen LogP contribution in [0.5, 0.6) is 0 Å². The SMILES string of the molecule is CCCCCc1cc(-c2ccc(-c3ccc(C)c(CC)c3)cc2)c(CCCCC)cc1-c1ccc(-c2ccc(C)cc2)cc1. The summed E-state index contributed by atoms with van der Waals surface area (Å²) in [7, 11) is 0. The molecule has 226 valence electrons. The molecule has 0 amide bonds. The number of hydrogen-bond donors (Lipinski definition) is 0. The van der Waals surface area contributed by atoms with Crippen LogP contribution in [-0.4, -0.2) is 0 Å². The highest BCUT2D eigenvalue weighted by atomic mass is 14.2. The van der Waals surface area contributed by atoms with E-state index in [1.54, 1.807) is 0 Å². The van der Waals surface area contributed by atoms with Crippen LogP contribution in [-0.2, 0) is 19.3 Å². The Morgan fingerprint density at radius 3 is 1.25 bits per heavy atom. The van der Waals surface area contributed by atoms with Gasteiger partial charge in [-0.15, -0.1) is 0 Å². The van der Waals surface area contributed by atoms with Gasteiger partial charge in [0.1, 0.15) is 0 Å². The summed E-state index contributed by atoms with van der Waals surface area (Å²) in [6.07, 6.45) is 10.8. The van der Waals surface area contributed by atoms with Gasteiger partial charge in [-0.05, 0) is 113 Å². The highest BCUT2D eigenvalue weighted by Gasteiger charge is 2.14. The van der Waals surface area contributed by atoms with Crippen LogP contribution >= 0.6 is 0 Å². The first-order valence-electron chi connectivity index (χ1n) is 17.0. The maximum Gasteiger partial charge on any atom is -0.0149 e. The van der Waals surface area contributed by atoms with E-state index in [0.29, 0.717) is 0 Å². The lowest BCUT2D eigenvalue weighted by Crippen LogP contribution is -1.99. The maximum atomic E-state index is 2.54. The summed E-state index contributed by atoms with van der Waals surface area (Å²) in [6.45, 7) is 11.2. The summed E-state index contributed by atoms with van der Waals surface area (Å²) in [5.41, 5.74) is 17.7. The molecule has 0 heterocycles. The molecule has 5 rings (SSSR count). The van der Waals surface area contributed by atoms with Gasteiger partial charge in [0, 0.05) is 0 Å². The van der Waals surface area contributed by atoms with Crippen LogP contribution in [0, 0.1) is 13.8 Å². The topological polar surface area (TPSA) is 0 Å². The lowest BCUT2D eigenvalue weighted by molar-refractivity contribution is 0.713. The van der Waals surface area contributed by atoms with Crippen molar-refractivity contribution in [2.75, 3.05) is 0 Å². The fourth-order valence-electron chi connectivity index (χ4n) is 6.43. The molecule has 0 aliphatic heterocycles. The van der Waals surface area contributed by atoms with Crippen molar-refractivity contribution in [3.63, 3.8) is 0 Å². The van der Waals surface area contributed by atoms with Crippen molar-refractivity contribution in [3.8, 4) is 44.5 Å². The predicted molar refractivity (Wildman–Crippen MR) is 193 cm³/mol. The van der Waals surface area contributed by atoms with Crippen LogP contribution in [0.1, 0.15) is 87.1 Å². The minimum Gasteiger partial charge on any atom is -0.0654 e. The van der Waals surface area contributed by atoms with E-state index in [1.165, 1.54) is 111 Å². The van der Waals surface area contributed by atoms with Gasteiger partial charge in [0.15, 0.2) is 0 Å². The Morgan fingerprint density at radius 2 is 0.795 bits per heavy atom. The Balaban J connectivity index is 1.54. The molecular formula is C44H50. The third-order valence-electron chi connectivity index (χ3n) is 9.27. The van der Waals surface area contributed by atoms with E-state index in [9.17, 15) is 0 Å². The Hall–Kier alpha value is -3.90. The fourth-order valence-corrected chi connectivity index (χ4v) is 6.43. The van der Waals surface area contributed by atoms with Crippen molar-refractivity contribution in [1.82, 2.24) is 0 Å². The van der Waals surface area contributed by atoms with E-state index in [0.717, 1.165) is 19.3 Å². The van der Waals surface area contributed by atoms with E-state index >= 15 is 0 Å². The standard InChI is InChI=1S/C44H50/c1-6-9-11-13-41-31-44(39-27-23-37(24-28-39)40-20-17-33(5)34(8-3)29-40)42(14-12-10-7-2)30-43(41)38-25-21-36(22-26-38)35-18-15-32(4)16-19-35/h15-31H,6-14H2,1-5H3. The molecule has 0 atom stereocenters. The zero-order valence-corrected chi connectivity index (χ0v) is 27.7. The second-order valence-electron chi connectivity index (χ2n) is 12.6. The number of aryl methyl sites for hydroxylation is 5. The fraction of sp³-hybridized carbons (Fsp3) is 0.318. The number of unbranched alkanes of at least 4 members (excludes halogenated alkanes) is 4. The van der Waals surface area contributed by atoms with Gasteiger partial charge in [0.2, 0.25) is 0 Å². The molecule has 0 nitrogen and oxygen atoms in total. The molecular weight excluding hydrogens is 528 g/mol. The zero-order valence-electron chi connectivity index (χ0n) is 27.7. The van der Waals surface area contributed by atoms with Crippen LogP contribution in [0.4, 0.5) is 0 Å². The van der Waals surface area contributed by atoms with Gasteiger partial charge >= 0.3 is 0 Å². The Labute approximate surface area is 267 Å². The van der Waals surface area contributed by atoms with E-state index in [2.05, 4.69) is 138 Å². The summed E-state index contributed by atoms with van der Waals surface area (Å²) >= 11 is 0. The molecule has 0 saturated carbocycles. The molecule has 0 aliphatic rings. The van der Waals surface area contributed by atoms with Crippen LogP contribution in [0.2, 0.25) is 0 Å². The first-order chi connectivity index (χ1) is 21.5. The molecule has 0 fully saturated rings. The van der Waals surface area contributed by atoms with Crippen LogP contribution in [0.25, 0.3) is 44.5 Å². The van der Waals surface area contributed by atoms with E-state index in [-0.39, 0.29) is 0 Å². The third-order valence-corrected chi connectivity index (χ3v) is 9.27. The molecule has 0 heteroatoms. The van der Waals surface area contributed by atoms with Gasteiger partial charge in [0.25, 0.3) is 0 Å². The summed E-state index contributed by atoms with van der Waals surface area (Å²) in [6, 6.07) is 39.5. The first-order valence-corrected chi connectivity index (χ1v) is 17.0. The molecule has 44 heavy (non-hydrogen) atoms. The molecule has 0 saturated heterocycles. The monoisotopic (exact) mass is 578 g/mol. The Kier molecular flexibility index (Phi) is 10.9. The molecule has 0 radical (unpaired) electrons.